The van der Waals surface area contributed by atoms with E-state index in [1.807, 2.05) is 12.1 Å². The van der Waals surface area contributed by atoms with Crippen LogP contribution in [0.2, 0.25) is 0 Å². The van der Waals surface area contributed by atoms with Crippen LogP contribution in [0.1, 0.15) is 73.1 Å². The van der Waals surface area contributed by atoms with Crippen molar-refractivity contribution in [1.29, 1.82) is 5.26 Å². The second-order valence-corrected chi connectivity index (χ2v) is 9.30. The van der Waals surface area contributed by atoms with Crippen molar-refractivity contribution in [2.75, 3.05) is 0 Å². The molecule has 0 saturated carbocycles. The third-order valence-electron chi connectivity index (χ3n) is 7.76. The fraction of sp³-hybridized carbons (Fsp3) is 0.444. The topological polar surface area (TPSA) is 54.5 Å². The summed E-state index contributed by atoms with van der Waals surface area (Å²) < 4.78 is 2.11. The van der Waals surface area contributed by atoms with E-state index in [-0.39, 0.29) is 5.41 Å². The SMILES string of the molecule is CCC(C)(c1ccc(C#N)cc1-c1nncn1-c1c(C)c(C)c(C)c(C)c1C)C(C)C. The minimum Gasteiger partial charge on any atom is -0.281 e. The maximum absolute atomic E-state index is 9.60. The van der Waals surface area contributed by atoms with Crippen LogP contribution in [-0.4, -0.2) is 14.8 Å². The molecular formula is C27H34N4. The number of aromatic nitrogens is 3. The fourth-order valence-corrected chi connectivity index (χ4v) is 4.63. The Kier molecular flexibility index (Phi) is 6.09. The maximum Gasteiger partial charge on any atom is 0.168 e. The highest BCUT2D eigenvalue weighted by Gasteiger charge is 2.32. The normalized spacial score (nSPS) is 13.3. The first-order valence-electron chi connectivity index (χ1n) is 11.1. The molecule has 2 aromatic carbocycles. The smallest absolute Gasteiger partial charge is 0.168 e. The third kappa shape index (κ3) is 3.57. The minimum atomic E-state index is -0.0384. The summed E-state index contributed by atoms with van der Waals surface area (Å²) in [6, 6.07) is 8.32. The van der Waals surface area contributed by atoms with Gasteiger partial charge in [-0.15, -0.1) is 10.2 Å². The number of benzene rings is 2. The molecular weight excluding hydrogens is 380 g/mol. The number of nitriles is 1. The van der Waals surface area contributed by atoms with Gasteiger partial charge < -0.3 is 0 Å². The Morgan fingerprint density at radius 1 is 1.00 bits per heavy atom. The molecule has 0 aliphatic carbocycles. The number of hydrogen-bond acceptors (Lipinski definition) is 3. The highest BCUT2D eigenvalue weighted by atomic mass is 15.3. The number of nitrogens with zero attached hydrogens (tertiary/aromatic N) is 4. The van der Waals surface area contributed by atoms with Crippen molar-refractivity contribution < 1.29 is 0 Å². The molecule has 0 aliphatic rings. The molecule has 1 aromatic heterocycles. The average Bonchev–Trinajstić information content (AvgIpc) is 3.24. The zero-order valence-electron chi connectivity index (χ0n) is 20.4. The Morgan fingerprint density at radius 2 is 1.58 bits per heavy atom. The lowest BCUT2D eigenvalue weighted by molar-refractivity contribution is 0.327. The molecule has 1 unspecified atom stereocenters. The molecule has 0 saturated heterocycles. The Labute approximate surface area is 187 Å². The Morgan fingerprint density at radius 3 is 2.10 bits per heavy atom. The van der Waals surface area contributed by atoms with Crippen molar-refractivity contribution in [1.82, 2.24) is 14.8 Å². The lowest BCUT2D eigenvalue weighted by atomic mass is 9.69. The molecule has 1 heterocycles. The molecule has 162 valence electrons. The predicted molar refractivity (Wildman–Crippen MR) is 128 cm³/mol. The van der Waals surface area contributed by atoms with Crippen molar-refractivity contribution in [3.63, 3.8) is 0 Å². The van der Waals surface area contributed by atoms with E-state index in [0.29, 0.717) is 11.5 Å². The molecule has 1 atom stereocenters. The van der Waals surface area contributed by atoms with Crippen LogP contribution in [-0.2, 0) is 5.41 Å². The lowest BCUT2D eigenvalue weighted by Crippen LogP contribution is -2.28. The lowest BCUT2D eigenvalue weighted by Gasteiger charge is -2.35. The van der Waals surface area contributed by atoms with Gasteiger partial charge >= 0.3 is 0 Å². The standard InChI is InChI=1S/C27H34N4/c1-10-27(9,16(2)3)24-12-11-22(14-28)13-23(24)26-30-29-15-31(26)25-20(7)18(5)17(4)19(6)21(25)8/h11-13,15-16H,10H2,1-9H3. The van der Waals surface area contributed by atoms with Gasteiger partial charge in [-0.2, -0.15) is 5.26 Å². The molecule has 4 heteroatoms. The van der Waals surface area contributed by atoms with Gasteiger partial charge in [0, 0.05) is 5.56 Å². The zero-order valence-corrected chi connectivity index (χ0v) is 20.4. The van der Waals surface area contributed by atoms with Crippen molar-refractivity contribution >= 4 is 0 Å². The second kappa shape index (κ2) is 8.30. The van der Waals surface area contributed by atoms with E-state index in [0.717, 1.165) is 23.5 Å². The van der Waals surface area contributed by atoms with E-state index in [2.05, 4.69) is 89.2 Å². The molecule has 3 rings (SSSR count). The average molecular weight is 415 g/mol. The summed E-state index contributed by atoms with van der Waals surface area (Å²) in [4.78, 5) is 0. The van der Waals surface area contributed by atoms with E-state index in [4.69, 9.17) is 0 Å². The first-order valence-corrected chi connectivity index (χ1v) is 11.1. The molecule has 0 radical (unpaired) electrons. The van der Waals surface area contributed by atoms with Crippen molar-refractivity contribution in [2.45, 2.75) is 74.1 Å². The van der Waals surface area contributed by atoms with Crippen LogP contribution in [0.25, 0.3) is 17.1 Å². The van der Waals surface area contributed by atoms with Gasteiger partial charge in [-0.1, -0.05) is 33.8 Å². The molecule has 0 bridgehead atoms. The minimum absolute atomic E-state index is 0.0384. The third-order valence-corrected chi connectivity index (χ3v) is 7.76. The summed E-state index contributed by atoms with van der Waals surface area (Å²) in [5, 5.41) is 18.5. The molecule has 4 nitrogen and oxygen atoms in total. The van der Waals surface area contributed by atoms with Gasteiger partial charge in [0.1, 0.15) is 6.33 Å². The molecule has 0 spiro atoms. The van der Waals surface area contributed by atoms with E-state index in [1.165, 1.54) is 33.4 Å². The van der Waals surface area contributed by atoms with Gasteiger partial charge in [0.2, 0.25) is 0 Å². The van der Waals surface area contributed by atoms with Crippen molar-refractivity contribution in [2.24, 2.45) is 5.92 Å². The van der Waals surface area contributed by atoms with Crippen LogP contribution >= 0.6 is 0 Å². The Hall–Kier alpha value is -2.93. The summed E-state index contributed by atoms with van der Waals surface area (Å²) in [5.74, 6) is 1.23. The predicted octanol–water partition coefficient (Wildman–Crippen LogP) is 6.67. The molecule has 0 N–H and O–H groups in total. The summed E-state index contributed by atoms with van der Waals surface area (Å²) >= 11 is 0. The van der Waals surface area contributed by atoms with E-state index in [9.17, 15) is 5.26 Å². The van der Waals surface area contributed by atoms with Gasteiger partial charge in [0.15, 0.2) is 5.82 Å². The van der Waals surface area contributed by atoms with Gasteiger partial charge in [-0.3, -0.25) is 4.57 Å². The van der Waals surface area contributed by atoms with Crippen LogP contribution in [0.3, 0.4) is 0 Å². The maximum atomic E-state index is 9.60. The van der Waals surface area contributed by atoms with Crippen LogP contribution in [0.15, 0.2) is 24.5 Å². The summed E-state index contributed by atoms with van der Waals surface area (Å²) in [7, 11) is 0. The van der Waals surface area contributed by atoms with Gasteiger partial charge in [0.05, 0.1) is 17.3 Å². The van der Waals surface area contributed by atoms with Gasteiger partial charge in [0.25, 0.3) is 0 Å². The summed E-state index contributed by atoms with van der Waals surface area (Å²) in [6.07, 6.45) is 2.80. The highest BCUT2D eigenvalue weighted by Crippen LogP contribution is 2.41. The van der Waals surface area contributed by atoms with E-state index in [1.54, 1.807) is 6.33 Å². The largest absolute Gasteiger partial charge is 0.281 e. The zero-order chi connectivity index (χ0) is 23.1. The Bertz CT molecular complexity index is 1150. The fourth-order valence-electron chi connectivity index (χ4n) is 4.63. The second-order valence-electron chi connectivity index (χ2n) is 9.30. The molecule has 3 aromatic rings. The number of hydrogen-bond donors (Lipinski definition) is 0. The molecule has 0 fully saturated rings. The van der Waals surface area contributed by atoms with Gasteiger partial charge in [-0.05, 0) is 97.9 Å². The first-order chi connectivity index (χ1) is 14.6. The first kappa shape index (κ1) is 22.7. The van der Waals surface area contributed by atoms with Crippen molar-refractivity contribution in [3.8, 4) is 23.1 Å². The molecule has 0 aliphatic heterocycles. The number of rotatable bonds is 5. The quantitative estimate of drug-likeness (QED) is 0.468. The highest BCUT2D eigenvalue weighted by molar-refractivity contribution is 5.69. The van der Waals surface area contributed by atoms with Crippen molar-refractivity contribution in [3.05, 3.63) is 63.5 Å². The molecule has 0 amide bonds. The van der Waals surface area contributed by atoms with E-state index < -0.39 is 0 Å². The van der Waals surface area contributed by atoms with Crippen LogP contribution < -0.4 is 0 Å². The summed E-state index contributed by atoms with van der Waals surface area (Å²) in [6.45, 7) is 19.9. The van der Waals surface area contributed by atoms with Crippen LogP contribution in [0.4, 0.5) is 0 Å². The van der Waals surface area contributed by atoms with Gasteiger partial charge in [-0.25, -0.2) is 0 Å². The van der Waals surface area contributed by atoms with E-state index >= 15 is 0 Å². The Balaban J connectivity index is 2.38. The summed E-state index contributed by atoms with van der Waals surface area (Å²) in [5.41, 5.74) is 10.3. The molecule has 31 heavy (non-hydrogen) atoms. The van der Waals surface area contributed by atoms with Crippen LogP contribution in [0.5, 0.6) is 0 Å². The van der Waals surface area contributed by atoms with Crippen LogP contribution in [0, 0.1) is 51.9 Å². The monoisotopic (exact) mass is 414 g/mol.